The van der Waals surface area contributed by atoms with E-state index in [1.165, 1.54) is 0 Å². The Kier molecular flexibility index (Phi) is 4.91. The Bertz CT molecular complexity index is 874. The lowest BCUT2D eigenvalue weighted by molar-refractivity contribution is 0.319. The van der Waals surface area contributed by atoms with Crippen molar-refractivity contribution in [2.45, 2.75) is 0 Å². The number of nitrogens with zero attached hydrogens (tertiary/aromatic N) is 1. The number of hydrogen-bond donors (Lipinski definition) is 1. The highest BCUT2D eigenvalue weighted by atomic mass is 16.5. The van der Waals surface area contributed by atoms with E-state index in [0.29, 0.717) is 11.5 Å². The second kappa shape index (κ2) is 7.66. The van der Waals surface area contributed by atoms with Gasteiger partial charge in [-0.3, -0.25) is 0 Å². The molecular formula is C21H15NO2. The van der Waals surface area contributed by atoms with E-state index in [0.717, 1.165) is 16.7 Å². The second-order valence-electron chi connectivity index (χ2n) is 5.03. The molecule has 0 amide bonds. The molecule has 0 aliphatic rings. The molecule has 0 saturated carbocycles. The maximum Gasteiger partial charge on any atom is 0.140 e. The summed E-state index contributed by atoms with van der Waals surface area (Å²) in [6.45, 7) is 0. The van der Waals surface area contributed by atoms with Crippen LogP contribution in [0.4, 0.5) is 0 Å². The van der Waals surface area contributed by atoms with E-state index in [1.807, 2.05) is 72.8 Å². The highest BCUT2D eigenvalue weighted by Crippen LogP contribution is 2.16. The molecule has 0 spiro atoms. The molecule has 0 atom stereocenters. The van der Waals surface area contributed by atoms with Crippen molar-refractivity contribution in [3.63, 3.8) is 0 Å². The van der Waals surface area contributed by atoms with Crippen molar-refractivity contribution in [2.24, 2.45) is 5.16 Å². The summed E-state index contributed by atoms with van der Waals surface area (Å²) in [6, 6.07) is 26.4. The standard InChI is InChI=1S/C21H15NO2/c23-22-21(18-9-5-2-6-10-18)19-11-13-20(14-12-19)24-16-15-17-7-3-1-4-8-17/h1-14,23H/b22-21-. The molecule has 3 nitrogen and oxygen atoms in total. The molecule has 24 heavy (non-hydrogen) atoms. The molecular weight excluding hydrogens is 298 g/mol. The largest absolute Gasteiger partial charge is 0.410 e. The predicted octanol–water partition coefficient (Wildman–Crippen LogP) is 4.30. The topological polar surface area (TPSA) is 41.8 Å². The van der Waals surface area contributed by atoms with E-state index in [4.69, 9.17) is 4.74 Å². The second-order valence-corrected chi connectivity index (χ2v) is 5.03. The highest BCUT2D eigenvalue weighted by molar-refractivity contribution is 6.12. The first-order valence-corrected chi connectivity index (χ1v) is 7.47. The van der Waals surface area contributed by atoms with E-state index >= 15 is 0 Å². The molecule has 0 aromatic heterocycles. The van der Waals surface area contributed by atoms with Crippen molar-refractivity contribution in [3.05, 3.63) is 102 Å². The molecule has 0 saturated heterocycles. The minimum absolute atomic E-state index is 0.512. The van der Waals surface area contributed by atoms with Gasteiger partial charge >= 0.3 is 0 Å². The SMILES string of the molecule is O/N=C(/c1ccccc1)c1ccc(OC#Cc2ccccc2)cc1. The molecule has 1 N–H and O–H groups in total. The summed E-state index contributed by atoms with van der Waals surface area (Å²) in [5.74, 6) is 3.56. The fourth-order valence-electron chi connectivity index (χ4n) is 2.22. The highest BCUT2D eigenvalue weighted by Gasteiger charge is 2.07. The van der Waals surface area contributed by atoms with Crippen LogP contribution in [-0.2, 0) is 0 Å². The smallest absolute Gasteiger partial charge is 0.140 e. The molecule has 0 bridgehead atoms. The van der Waals surface area contributed by atoms with Crippen LogP contribution in [0.1, 0.15) is 16.7 Å². The number of benzene rings is 3. The summed E-state index contributed by atoms with van der Waals surface area (Å²) in [5.41, 5.74) is 3.05. The van der Waals surface area contributed by atoms with Gasteiger partial charge < -0.3 is 9.94 Å². The van der Waals surface area contributed by atoms with Crippen LogP contribution in [-0.4, -0.2) is 10.9 Å². The lowest BCUT2D eigenvalue weighted by Gasteiger charge is -2.05. The molecule has 116 valence electrons. The van der Waals surface area contributed by atoms with Gasteiger partial charge in [0.1, 0.15) is 17.6 Å². The molecule has 3 heteroatoms. The van der Waals surface area contributed by atoms with Gasteiger partial charge in [-0.1, -0.05) is 53.7 Å². The minimum Gasteiger partial charge on any atom is -0.410 e. The van der Waals surface area contributed by atoms with E-state index < -0.39 is 0 Å². The van der Waals surface area contributed by atoms with Crippen LogP contribution in [0.2, 0.25) is 0 Å². The lowest BCUT2D eigenvalue weighted by atomic mass is 10.0. The Morgan fingerprint density at radius 2 is 1.33 bits per heavy atom. The van der Waals surface area contributed by atoms with Crippen LogP contribution in [0, 0.1) is 12.0 Å². The Morgan fingerprint density at radius 1 is 0.750 bits per heavy atom. The molecule has 3 aromatic rings. The maximum absolute atomic E-state index is 9.30. The van der Waals surface area contributed by atoms with Gasteiger partial charge in [-0.2, -0.15) is 0 Å². The monoisotopic (exact) mass is 313 g/mol. The van der Waals surface area contributed by atoms with Gasteiger partial charge in [-0.25, -0.2) is 0 Å². The third kappa shape index (κ3) is 3.82. The minimum atomic E-state index is 0.512. The average Bonchev–Trinajstić information content (AvgIpc) is 2.65. The van der Waals surface area contributed by atoms with Gasteiger partial charge in [0.2, 0.25) is 0 Å². The van der Waals surface area contributed by atoms with Crippen molar-refractivity contribution >= 4 is 5.71 Å². The van der Waals surface area contributed by atoms with Crippen molar-refractivity contribution in [1.29, 1.82) is 0 Å². The molecule has 3 aromatic carbocycles. The Morgan fingerprint density at radius 3 is 1.96 bits per heavy atom. The normalized spacial score (nSPS) is 10.6. The summed E-state index contributed by atoms with van der Waals surface area (Å²) < 4.78 is 5.42. The van der Waals surface area contributed by atoms with Crippen molar-refractivity contribution in [2.75, 3.05) is 0 Å². The zero-order chi connectivity index (χ0) is 16.6. The van der Waals surface area contributed by atoms with Crippen molar-refractivity contribution in [3.8, 4) is 17.8 Å². The number of hydrogen-bond acceptors (Lipinski definition) is 3. The Balaban J connectivity index is 1.73. The van der Waals surface area contributed by atoms with E-state index in [-0.39, 0.29) is 0 Å². The Hall–Kier alpha value is -3.51. The van der Waals surface area contributed by atoms with E-state index in [1.54, 1.807) is 12.1 Å². The Labute approximate surface area is 140 Å². The van der Waals surface area contributed by atoms with Crippen molar-refractivity contribution < 1.29 is 9.94 Å². The summed E-state index contributed by atoms with van der Waals surface area (Å²) in [4.78, 5) is 0. The third-order valence-corrected chi connectivity index (χ3v) is 3.41. The van der Waals surface area contributed by atoms with Crippen LogP contribution in [0.25, 0.3) is 0 Å². The molecule has 0 radical (unpaired) electrons. The van der Waals surface area contributed by atoms with Crippen LogP contribution < -0.4 is 4.74 Å². The zero-order valence-electron chi connectivity index (χ0n) is 12.9. The zero-order valence-corrected chi connectivity index (χ0v) is 12.9. The fourth-order valence-corrected chi connectivity index (χ4v) is 2.22. The first-order chi connectivity index (χ1) is 11.9. The predicted molar refractivity (Wildman–Crippen MR) is 94.3 cm³/mol. The fraction of sp³-hybridized carbons (Fsp3) is 0. The summed E-state index contributed by atoms with van der Waals surface area (Å²) in [7, 11) is 0. The van der Waals surface area contributed by atoms with Gasteiger partial charge in [-0.15, -0.1) is 0 Å². The summed E-state index contributed by atoms with van der Waals surface area (Å²) in [6.07, 6.45) is 2.68. The molecule has 0 heterocycles. The number of ether oxygens (including phenoxy) is 1. The van der Waals surface area contributed by atoms with E-state index in [9.17, 15) is 5.21 Å². The quantitative estimate of drug-likeness (QED) is 0.339. The van der Waals surface area contributed by atoms with Crippen molar-refractivity contribution in [1.82, 2.24) is 0 Å². The molecule has 0 fully saturated rings. The van der Waals surface area contributed by atoms with E-state index in [2.05, 4.69) is 17.2 Å². The lowest BCUT2D eigenvalue weighted by Crippen LogP contribution is -2.02. The molecule has 0 unspecified atom stereocenters. The van der Waals surface area contributed by atoms with Crippen LogP contribution >= 0.6 is 0 Å². The van der Waals surface area contributed by atoms with Crippen LogP contribution in [0.15, 0.2) is 90.1 Å². The van der Waals surface area contributed by atoms with Crippen LogP contribution in [0.3, 0.4) is 0 Å². The van der Waals surface area contributed by atoms with Gasteiger partial charge in [0.05, 0.1) is 0 Å². The van der Waals surface area contributed by atoms with Gasteiger partial charge in [0.25, 0.3) is 0 Å². The maximum atomic E-state index is 9.30. The summed E-state index contributed by atoms with van der Waals surface area (Å²) in [5, 5.41) is 12.7. The van der Waals surface area contributed by atoms with Gasteiger partial charge in [0.15, 0.2) is 0 Å². The average molecular weight is 313 g/mol. The summed E-state index contributed by atoms with van der Waals surface area (Å²) >= 11 is 0. The first kappa shape index (κ1) is 15.4. The first-order valence-electron chi connectivity index (χ1n) is 7.47. The number of oxime groups is 1. The number of rotatable bonds is 3. The van der Waals surface area contributed by atoms with Gasteiger partial charge in [-0.05, 0) is 42.3 Å². The third-order valence-electron chi connectivity index (χ3n) is 3.41. The molecule has 3 rings (SSSR count). The van der Waals surface area contributed by atoms with Gasteiger partial charge in [0, 0.05) is 16.7 Å². The molecule has 0 aliphatic carbocycles. The molecule has 0 aliphatic heterocycles. The van der Waals surface area contributed by atoms with Crippen LogP contribution in [0.5, 0.6) is 5.75 Å².